The molecule has 0 bridgehead atoms. The van der Waals surface area contributed by atoms with Crippen LogP contribution in [0.4, 0.5) is 0 Å². The van der Waals surface area contributed by atoms with E-state index in [1.54, 1.807) is 22.8 Å². The van der Waals surface area contributed by atoms with Gasteiger partial charge in [0.1, 0.15) is 0 Å². The lowest BCUT2D eigenvalue weighted by Crippen LogP contribution is -2.74. The van der Waals surface area contributed by atoms with Gasteiger partial charge in [0.25, 0.3) is 0 Å². The summed E-state index contributed by atoms with van der Waals surface area (Å²) in [5.74, 6) is 0. The Balaban J connectivity index is 1.34. The first-order chi connectivity index (χ1) is 30.3. The monoisotopic (exact) mass is 678 g/mol. The maximum atomic E-state index is 10.3. The molecule has 240 valence electrons. The van der Waals surface area contributed by atoms with Crippen LogP contribution in [0.2, 0.25) is 0 Å². The summed E-state index contributed by atoms with van der Waals surface area (Å²) in [4.78, 5) is 0. The molecule has 0 radical (unpaired) electrons. The maximum absolute atomic E-state index is 10.3. The van der Waals surface area contributed by atoms with E-state index in [-0.39, 0.29) is 51.7 Å². The minimum absolute atomic E-state index is 0.00784. The Bertz CT molecular complexity index is 3360. The Kier molecular flexibility index (Phi) is 4.58. The third-order valence-electron chi connectivity index (χ3n) is 9.78. The molecule has 0 unspecified atom stereocenters. The third kappa shape index (κ3) is 4.49. The number of rotatable bonds is 6. The second-order valence-electron chi connectivity index (χ2n) is 12.4. The number of nitrogens with zero attached hydrogens (tertiary/aromatic N) is 2. The van der Waals surface area contributed by atoms with Crippen molar-refractivity contribution < 1.29 is 16.4 Å². The van der Waals surface area contributed by atoms with E-state index in [1.165, 1.54) is 4.57 Å². The van der Waals surface area contributed by atoms with E-state index in [1.807, 2.05) is 115 Å². The van der Waals surface area contributed by atoms with Gasteiger partial charge in [0.05, 0.1) is 38.5 Å². The van der Waals surface area contributed by atoms with Gasteiger partial charge in [-0.25, -0.2) is 0 Å². The van der Waals surface area contributed by atoms with Crippen molar-refractivity contribution in [2.45, 2.75) is 0 Å². The second kappa shape index (κ2) is 11.9. The van der Waals surface area contributed by atoms with Crippen molar-refractivity contribution >= 4 is 72.4 Å². The van der Waals surface area contributed by atoms with Crippen LogP contribution in [0.5, 0.6) is 0 Å². The van der Waals surface area contributed by atoms with Crippen molar-refractivity contribution in [1.29, 1.82) is 0 Å². The molecule has 0 fully saturated rings. The molecule has 0 spiro atoms. The van der Waals surface area contributed by atoms with Crippen LogP contribution in [0.15, 0.2) is 206 Å². The average Bonchev–Trinajstić information content (AvgIpc) is 3.84. The zero-order valence-corrected chi connectivity index (χ0v) is 28.1. The van der Waals surface area contributed by atoms with Crippen LogP contribution in [-0.4, -0.2) is 17.2 Å². The van der Waals surface area contributed by atoms with Gasteiger partial charge in [0.2, 0.25) is 0 Å². The van der Waals surface area contributed by atoms with Gasteiger partial charge in [0.15, 0.2) is 8.07 Å². The molecule has 2 heterocycles. The lowest BCUT2D eigenvalue weighted by atomic mass is 10.1. The highest BCUT2D eigenvalue weighted by molar-refractivity contribution is 7.19. The first-order valence-corrected chi connectivity index (χ1v) is 18.6. The first kappa shape index (κ1) is 19.7. The van der Waals surface area contributed by atoms with E-state index >= 15 is 0 Å². The van der Waals surface area contributed by atoms with E-state index in [2.05, 4.69) is 0 Å². The van der Waals surface area contributed by atoms with Gasteiger partial charge in [-0.05, 0) is 69.2 Å². The van der Waals surface area contributed by atoms with Crippen molar-refractivity contribution in [3.05, 3.63) is 206 Å². The summed E-state index contributed by atoms with van der Waals surface area (Å²) in [7, 11) is -3.58. The zero-order chi connectivity index (χ0) is 44.2. The van der Waals surface area contributed by atoms with E-state index < -0.39 is 56.4 Å². The molecule has 2 nitrogen and oxygen atoms in total. The molecule has 51 heavy (non-hydrogen) atoms. The van der Waals surface area contributed by atoms with Crippen LogP contribution in [0.25, 0.3) is 55.0 Å². The summed E-state index contributed by atoms with van der Waals surface area (Å²) in [6, 6.07) is 37.5. The number of fused-ring (bicyclic) bond motifs is 6. The number of hydrogen-bond donors (Lipinski definition) is 0. The molecule has 0 atom stereocenters. The molecule has 0 aliphatic heterocycles. The Morgan fingerprint density at radius 3 is 1.47 bits per heavy atom. The van der Waals surface area contributed by atoms with Crippen molar-refractivity contribution in [2.24, 2.45) is 0 Å². The number of benzene rings is 8. The topological polar surface area (TPSA) is 9.86 Å². The molecule has 0 saturated heterocycles. The van der Waals surface area contributed by atoms with E-state index in [4.69, 9.17) is 11.0 Å². The molecular weight excluding hydrogens is 633 g/mol. The molecule has 10 aromatic rings. The van der Waals surface area contributed by atoms with Crippen molar-refractivity contribution in [3.8, 4) is 11.4 Å². The van der Waals surface area contributed by atoms with E-state index in [0.29, 0.717) is 32.7 Å². The lowest BCUT2D eigenvalue weighted by molar-refractivity contribution is 1.17. The summed E-state index contributed by atoms with van der Waals surface area (Å²) >= 11 is 0. The Morgan fingerprint density at radius 1 is 0.353 bits per heavy atom. The van der Waals surface area contributed by atoms with Crippen molar-refractivity contribution in [1.82, 2.24) is 9.13 Å². The van der Waals surface area contributed by atoms with Gasteiger partial charge in [0, 0.05) is 32.9 Å². The fraction of sp³-hybridized carbons (Fsp3) is 0. The Labute approximate surface area is 315 Å². The summed E-state index contributed by atoms with van der Waals surface area (Å²) in [5.41, 5.74) is 1.60. The Hall–Kier alpha value is -6.42. The molecular formula is C48H34N2Si. The van der Waals surface area contributed by atoms with Crippen LogP contribution in [0.3, 0.4) is 0 Å². The first-order valence-electron chi connectivity index (χ1n) is 22.6. The number of hydrogen-bond acceptors (Lipinski definition) is 0. The lowest BCUT2D eigenvalue weighted by Gasteiger charge is -2.34. The molecule has 0 aliphatic carbocycles. The molecule has 0 saturated carbocycles. The van der Waals surface area contributed by atoms with Crippen LogP contribution >= 0.6 is 0 Å². The molecule has 8 aromatic carbocycles. The highest BCUT2D eigenvalue weighted by Crippen LogP contribution is 2.36. The van der Waals surface area contributed by atoms with Gasteiger partial charge in [-0.1, -0.05) is 158 Å². The van der Waals surface area contributed by atoms with Gasteiger partial charge in [-0.3, -0.25) is 0 Å². The molecule has 0 aliphatic rings. The van der Waals surface area contributed by atoms with Crippen molar-refractivity contribution in [2.75, 3.05) is 0 Å². The van der Waals surface area contributed by atoms with Gasteiger partial charge in [-0.15, -0.1) is 0 Å². The predicted molar refractivity (Wildman–Crippen MR) is 219 cm³/mol. The highest BCUT2D eigenvalue weighted by Gasteiger charge is 2.41. The van der Waals surface area contributed by atoms with Gasteiger partial charge in [-0.2, -0.15) is 0 Å². The van der Waals surface area contributed by atoms with Crippen molar-refractivity contribution in [3.63, 3.8) is 0 Å². The summed E-state index contributed by atoms with van der Waals surface area (Å²) in [6.07, 6.45) is 0. The standard InChI is InChI=1S/C48H34N2Si/c1-4-18-37(19-5-1)51(38-20-6-2-7-21-38,39-22-8-3-9-23-39)40-24-16-17-35(33-40)49-47-30-15-12-27-43(47)44-34-36(31-32-48(44)49)50-45-28-13-10-25-41(45)42-26-11-14-29-46(42)50/h1-34H/i10D,11D,13D,14D,16D,17D,24D,25D,26D,28D,29D,33D. The predicted octanol–water partition coefficient (Wildman–Crippen LogP) is 9.26. The minimum atomic E-state index is -3.58. The number of para-hydroxylation sites is 3. The van der Waals surface area contributed by atoms with Gasteiger partial charge < -0.3 is 9.13 Å². The van der Waals surface area contributed by atoms with Crippen LogP contribution in [0, 0.1) is 0 Å². The fourth-order valence-corrected chi connectivity index (χ4v) is 12.1. The third-order valence-corrected chi connectivity index (χ3v) is 14.4. The van der Waals surface area contributed by atoms with Crippen LogP contribution in [-0.2, 0) is 0 Å². The van der Waals surface area contributed by atoms with Gasteiger partial charge >= 0.3 is 0 Å². The summed E-state index contributed by atoms with van der Waals surface area (Å²) in [6.45, 7) is 0. The molecule has 0 N–H and O–H groups in total. The SMILES string of the molecule is [2H]c1c([2H])c(-n2c3ccccc3c3cc(-n4c5c([2H])c([2H])c([2H])c([2H])c5c5c([2H])c([2H])c([2H])c([2H])c54)ccc32)c([2H])c([Si](c2ccccc2)(c2ccccc2)c2ccccc2)c1[2H]. The normalized spacial score (nSPS) is 15.2. The molecule has 3 heteroatoms. The number of aromatic nitrogens is 2. The zero-order valence-electron chi connectivity index (χ0n) is 39.1. The summed E-state index contributed by atoms with van der Waals surface area (Å²) in [5, 5.41) is 4.31. The fourth-order valence-electron chi connectivity index (χ4n) is 7.65. The second-order valence-corrected chi connectivity index (χ2v) is 16.1. The highest BCUT2D eigenvalue weighted by atomic mass is 28.3. The largest absolute Gasteiger partial charge is 0.309 e. The van der Waals surface area contributed by atoms with Crippen LogP contribution < -0.4 is 20.7 Å². The molecule has 2 aromatic heterocycles. The quantitative estimate of drug-likeness (QED) is 0.123. The smallest absolute Gasteiger partial charge is 0.179 e. The maximum Gasteiger partial charge on any atom is 0.179 e. The molecule has 10 rings (SSSR count). The minimum Gasteiger partial charge on any atom is -0.309 e. The Morgan fingerprint density at radius 2 is 0.863 bits per heavy atom. The average molecular weight is 679 g/mol. The molecule has 0 amide bonds. The van der Waals surface area contributed by atoms with E-state index in [9.17, 15) is 5.48 Å². The van der Waals surface area contributed by atoms with E-state index in [0.717, 1.165) is 15.6 Å². The van der Waals surface area contributed by atoms with Crippen LogP contribution in [0.1, 0.15) is 16.4 Å². The summed E-state index contributed by atoms with van der Waals surface area (Å²) < 4.78 is 112.